The van der Waals surface area contributed by atoms with Gasteiger partial charge in [-0.2, -0.15) is 9.36 Å². The molecular weight excluding hydrogens is 376 g/mol. The average Bonchev–Trinajstić information content (AvgIpc) is 3.32. The molecular formula is C19H20N6O4. The largest absolute Gasteiger partial charge is 0.466 e. The lowest BCUT2D eigenvalue weighted by Crippen LogP contribution is -2.34. The van der Waals surface area contributed by atoms with Gasteiger partial charge in [-0.3, -0.25) is 9.59 Å². The number of nitrogens with zero attached hydrogens (tertiary/aromatic N) is 4. The Morgan fingerprint density at radius 2 is 1.90 bits per heavy atom. The summed E-state index contributed by atoms with van der Waals surface area (Å²) in [7, 11) is 0. The highest BCUT2D eigenvalue weighted by atomic mass is 16.3. The Morgan fingerprint density at radius 3 is 2.52 bits per heavy atom. The zero-order valence-corrected chi connectivity index (χ0v) is 16.0. The number of amides is 2. The van der Waals surface area contributed by atoms with Gasteiger partial charge in [0.1, 0.15) is 18.1 Å². The Kier molecular flexibility index (Phi) is 4.75. The van der Waals surface area contributed by atoms with E-state index in [4.69, 9.17) is 4.42 Å². The maximum absolute atomic E-state index is 12.4. The van der Waals surface area contributed by atoms with E-state index >= 15 is 0 Å². The van der Waals surface area contributed by atoms with Gasteiger partial charge in [-0.15, -0.1) is 0 Å². The van der Waals surface area contributed by atoms with Crippen LogP contribution in [-0.2, 0) is 11.3 Å². The molecule has 29 heavy (non-hydrogen) atoms. The van der Waals surface area contributed by atoms with E-state index < -0.39 is 5.69 Å². The Bertz CT molecular complexity index is 1120. The van der Waals surface area contributed by atoms with Crippen LogP contribution in [-0.4, -0.2) is 37.6 Å². The number of hydrogen-bond acceptors (Lipinski definition) is 6. The lowest BCUT2D eigenvalue weighted by molar-refractivity contribution is -0.122. The van der Waals surface area contributed by atoms with Gasteiger partial charge in [0.05, 0.1) is 11.3 Å². The highest BCUT2D eigenvalue weighted by Gasteiger charge is 2.24. The van der Waals surface area contributed by atoms with Gasteiger partial charge in [-0.25, -0.2) is 4.79 Å². The van der Waals surface area contributed by atoms with Gasteiger partial charge in [-0.1, -0.05) is 0 Å². The molecule has 3 aromatic rings. The van der Waals surface area contributed by atoms with Crippen molar-refractivity contribution in [3.63, 3.8) is 0 Å². The molecule has 2 amide bonds. The van der Waals surface area contributed by atoms with E-state index in [2.05, 4.69) is 21.1 Å². The van der Waals surface area contributed by atoms with Gasteiger partial charge < -0.3 is 15.1 Å². The van der Waals surface area contributed by atoms with Gasteiger partial charge in [0.15, 0.2) is 0 Å². The van der Waals surface area contributed by atoms with E-state index in [0.717, 1.165) is 22.2 Å². The molecule has 2 heterocycles. The summed E-state index contributed by atoms with van der Waals surface area (Å²) in [5.74, 6) is 0.670. The molecule has 10 nitrogen and oxygen atoms in total. The van der Waals surface area contributed by atoms with Crippen molar-refractivity contribution < 1.29 is 14.0 Å². The molecule has 1 aliphatic rings. The number of anilines is 1. The molecule has 0 atom stereocenters. The molecule has 1 aliphatic carbocycles. The molecule has 150 valence electrons. The summed E-state index contributed by atoms with van der Waals surface area (Å²) in [5, 5.41) is 13.2. The molecule has 2 N–H and O–H groups in total. The summed E-state index contributed by atoms with van der Waals surface area (Å²) in [6.07, 6.45) is 1.94. The van der Waals surface area contributed by atoms with Gasteiger partial charge in [0, 0.05) is 11.7 Å². The SMILES string of the molecule is Cc1cc(C(=O)Nc2ccc(-n3nnn(CC(=O)NC4CC4)c3=O)cc2)c(C)o1. The van der Waals surface area contributed by atoms with Crippen molar-refractivity contribution in [2.45, 2.75) is 39.3 Å². The van der Waals surface area contributed by atoms with Gasteiger partial charge in [0.25, 0.3) is 5.91 Å². The van der Waals surface area contributed by atoms with Crippen molar-refractivity contribution in [3.05, 3.63) is 57.9 Å². The first kappa shape index (κ1) is 18.7. The summed E-state index contributed by atoms with van der Waals surface area (Å²) in [6, 6.07) is 8.46. The summed E-state index contributed by atoms with van der Waals surface area (Å²) in [6.45, 7) is 3.33. The van der Waals surface area contributed by atoms with Crippen LogP contribution in [0.2, 0.25) is 0 Å². The zero-order valence-electron chi connectivity index (χ0n) is 16.0. The molecule has 0 saturated heterocycles. The number of carbonyl (C=O) groups excluding carboxylic acids is 2. The van der Waals surface area contributed by atoms with Crippen LogP contribution < -0.4 is 16.3 Å². The number of tetrazole rings is 1. The van der Waals surface area contributed by atoms with Crippen molar-refractivity contribution >= 4 is 17.5 Å². The predicted octanol–water partition coefficient (Wildman–Crippen LogP) is 1.17. The van der Waals surface area contributed by atoms with Gasteiger partial charge in [0.2, 0.25) is 5.91 Å². The number of benzene rings is 1. The minimum absolute atomic E-state index is 0.174. The molecule has 1 aromatic carbocycles. The lowest BCUT2D eigenvalue weighted by atomic mass is 10.2. The fourth-order valence-electron chi connectivity index (χ4n) is 2.91. The average molecular weight is 396 g/mol. The lowest BCUT2D eigenvalue weighted by Gasteiger charge is -2.05. The number of rotatable bonds is 6. The maximum Gasteiger partial charge on any atom is 0.368 e. The van der Waals surface area contributed by atoms with Crippen LogP contribution in [0, 0.1) is 13.8 Å². The molecule has 0 unspecified atom stereocenters. The third-order valence-corrected chi connectivity index (χ3v) is 4.53. The quantitative estimate of drug-likeness (QED) is 0.645. The fourth-order valence-corrected chi connectivity index (χ4v) is 2.91. The van der Waals surface area contributed by atoms with E-state index in [0.29, 0.717) is 28.5 Å². The van der Waals surface area contributed by atoms with Crippen LogP contribution in [0.4, 0.5) is 5.69 Å². The van der Waals surface area contributed by atoms with Crippen LogP contribution >= 0.6 is 0 Å². The monoisotopic (exact) mass is 396 g/mol. The number of aryl methyl sites for hydroxylation is 2. The summed E-state index contributed by atoms with van der Waals surface area (Å²) in [4.78, 5) is 36.6. The Hall–Kier alpha value is -3.69. The van der Waals surface area contributed by atoms with Crippen LogP contribution in [0.15, 0.2) is 39.5 Å². The highest BCUT2D eigenvalue weighted by molar-refractivity contribution is 6.05. The zero-order chi connectivity index (χ0) is 20.5. The summed E-state index contributed by atoms with van der Waals surface area (Å²) >= 11 is 0. The predicted molar refractivity (Wildman–Crippen MR) is 103 cm³/mol. The molecule has 0 bridgehead atoms. The number of carbonyl (C=O) groups is 2. The molecule has 2 aromatic heterocycles. The van der Waals surface area contributed by atoms with Crippen LogP contribution in [0.1, 0.15) is 34.7 Å². The topological polar surface area (TPSA) is 124 Å². The maximum atomic E-state index is 12.4. The molecule has 4 rings (SSSR count). The third-order valence-electron chi connectivity index (χ3n) is 4.53. The standard InChI is InChI=1S/C19H20N6O4/c1-11-9-16(12(2)29-11)18(27)21-14-5-7-15(8-6-14)25-19(28)24(22-23-25)10-17(26)20-13-3-4-13/h5-9,13H,3-4,10H2,1-2H3,(H,20,26)(H,21,27). The number of hydrogen-bond donors (Lipinski definition) is 2. The smallest absolute Gasteiger partial charge is 0.368 e. The Labute approximate surface area is 165 Å². The van der Waals surface area contributed by atoms with Crippen molar-refractivity contribution in [2.75, 3.05) is 5.32 Å². The molecule has 10 heteroatoms. The van der Waals surface area contributed by atoms with Crippen LogP contribution in [0.3, 0.4) is 0 Å². The minimum Gasteiger partial charge on any atom is -0.466 e. The van der Waals surface area contributed by atoms with Gasteiger partial charge in [-0.05, 0) is 67.4 Å². The first-order valence-corrected chi connectivity index (χ1v) is 9.22. The number of furan rings is 1. The first-order chi connectivity index (χ1) is 13.9. The van der Waals surface area contributed by atoms with E-state index in [1.54, 1.807) is 44.2 Å². The Morgan fingerprint density at radius 1 is 1.17 bits per heavy atom. The molecule has 1 fully saturated rings. The van der Waals surface area contributed by atoms with E-state index in [9.17, 15) is 14.4 Å². The molecule has 1 saturated carbocycles. The van der Waals surface area contributed by atoms with Crippen molar-refractivity contribution in [3.8, 4) is 5.69 Å². The summed E-state index contributed by atoms with van der Waals surface area (Å²) in [5.41, 5.74) is 0.978. The second kappa shape index (κ2) is 7.38. The van der Waals surface area contributed by atoms with Crippen LogP contribution in [0.5, 0.6) is 0 Å². The van der Waals surface area contributed by atoms with E-state index in [1.807, 2.05) is 0 Å². The second-order valence-electron chi connectivity index (χ2n) is 7.00. The Balaban J connectivity index is 1.45. The molecule has 0 spiro atoms. The number of aromatic nitrogens is 4. The minimum atomic E-state index is -0.516. The second-order valence-corrected chi connectivity index (χ2v) is 7.00. The van der Waals surface area contributed by atoms with Crippen molar-refractivity contribution in [2.24, 2.45) is 0 Å². The fraction of sp³-hybridized carbons (Fsp3) is 0.316. The number of nitrogens with one attached hydrogen (secondary N) is 2. The van der Waals surface area contributed by atoms with Gasteiger partial charge >= 0.3 is 5.69 Å². The van der Waals surface area contributed by atoms with Crippen LogP contribution in [0.25, 0.3) is 5.69 Å². The summed E-state index contributed by atoms with van der Waals surface area (Å²) < 4.78 is 7.48. The third kappa shape index (κ3) is 4.10. The highest BCUT2D eigenvalue weighted by Crippen LogP contribution is 2.18. The van der Waals surface area contributed by atoms with E-state index in [-0.39, 0.29) is 24.4 Å². The molecule has 0 aliphatic heterocycles. The first-order valence-electron chi connectivity index (χ1n) is 9.22. The molecule has 0 radical (unpaired) electrons. The van der Waals surface area contributed by atoms with Crippen molar-refractivity contribution in [1.82, 2.24) is 25.1 Å². The van der Waals surface area contributed by atoms with Crippen molar-refractivity contribution in [1.29, 1.82) is 0 Å². The van der Waals surface area contributed by atoms with E-state index in [1.165, 1.54) is 0 Å². The normalized spacial score (nSPS) is 13.3.